The number of hydrogen-bond acceptors (Lipinski definition) is 3. The molecule has 0 saturated heterocycles. The van der Waals surface area contributed by atoms with Crippen LogP contribution in [0.15, 0.2) is 18.2 Å². The summed E-state index contributed by atoms with van der Waals surface area (Å²) in [6.45, 7) is 0.554. The fraction of sp³-hybridized carbons (Fsp3) is 0.545. The molecule has 1 unspecified atom stereocenters. The molecule has 82 valence electrons. The zero-order chi connectivity index (χ0) is 10.7. The van der Waals surface area contributed by atoms with E-state index in [2.05, 4.69) is 10.3 Å². The smallest absolute Gasteiger partial charge is 0.131 e. The van der Waals surface area contributed by atoms with Gasteiger partial charge in [-0.05, 0) is 30.9 Å². The number of rotatable bonds is 4. The molecule has 1 heterocycles. The lowest BCUT2D eigenvalue weighted by Gasteiger charge is -2.30. The molecular weight excluding hydrogens is 212 g/mol. The summed E-state index contributed by atoms with van der Waals surface area (Å²) < 4.78 is 0. The summed E-state index contributed by atoms with van der Waals surface area (Å²) >= 11 is 5.75. The van der Waals surface area contributed by atoms with Crippen LogP contribution in [0, 0.1) is 5.92 Å². The van der Waals surface area contributed by atoms with Gasteiger partial charge in [-0.1, -0.05) is 24.1 Å². The van der Waals surface area contributed by atoms with Crippen LogP contribution in [0.4, 0.5) is 5.82 Å². The molecule has 1 aliphatic carbocycles. The number of halogens is 1. The van der Waals surface area contributed by atoms with Crippen molar-refractivity contribution in [3.05, 3.63) is 23.4 Å². The predicted octanol–water partition coefficient (Wildman–Crippen LogP) is 2.31. The Balaban J connectivity index is 1.81. The molecule has 1 aromatic heterocycles. The molecule has 0 bridgehead atoms. The van der Waals surface area contributed by atoms with Crippen molar-refractivity contribution >= 4 is 17.4 Å². The molecule has 1 aliphatic rings. The average molecular weight is 227 g/mol. The van der Waals surface area contributed by atoms with Gasteiger partial charge in [-0.2, -0.15) is 0 Å². The first-order chi connectivity index (χ1) is 7.25. The van der Waals surface area contributed by atoms with Gasteiger partial charge in [-0.25, -0.2) is 4.98 Å². The summed E-state index contributed by atoms with van der Waals surface area (Å²) in [6, 6.07) is 5.42. The van der Waals surface area contributed by atoms with Gasteiger partial charge in [0.25, 0.3) is 0 Å². The Morgan fingerprint density at radius 2 is 2.33 bits per heavy atom. The van der Waals surface area contributed by atoms with Crippen molar-refractivity contribution in [3.8, 4) is 0 Å². The van der Waals surface area contributed by atoms with Crippen molar-refractivity contribution in [1.82, 2.24) is 4.98 Å². The molecule has 2 N–H and O–H groups in total. The first-order valence-corrected chi connectivity index (χ1v) is 5.68. The lowest BCUT2D eigenvalue weighted by atomic mass is 9.81. The van der Waals surface area contributed by atoms with Crippen LogP contribution in [-0.4, -0.2) is 22.7 Å². The maximum atomic E-state index is 9.78. The minimum Gasteiger partial charge on any atom is -0.391 e. The Labute approximate surface area is 94.5 Å². The van der Waals surface area contributed by atoms with Crippen molar-refractivity contribution in [3.63, 3.8) is 0 Å². The molecule has 15 heavy (non-hydrogen) atoms. The Hall–Kier alpha value is -0.800. The van der Waals surface area contributed by atoms with Crippen LogP contribution in [-0.2, 0) is 0 Å². The molecule has 1 aromatic rings. The lowest BCUT2D eigenvalue weighted by molar-refractivity contribution is 0.0729. The number of hydrogen-bond donors (Lipinski definition) is 2. The highest BCUT2D eigenvalue weighted by molar-refractivity contribution is 6.29. The van der Waals surface area contributed by atoms with Gasteiger partial charge in [0.15, 0.2) is 0 Å². The van der Waals surface area contributed by atoms with E-state index < -0.39 is 0 Å². The number of pyridine rings is 1. The third-order valence-corrected chi connectivity index (χ3v) is 3.11. The van der Waals surface area contributed by atoms with E-state index in [-0.39, 0.29) is 6.10 Å². The Bertz CT molecular complexity index is 328. The van der Waals surface area contributed by atoms with Gasteiger partial charge >= 0.3 is 0 Å². The zero-order valence-corrected chi connectivity index (χ0v) is 9.24. The third kappa shape index (κ3) is 2.83. The first kappa shape index (κ1) is 10.7. The molecule has 1 atom stereocenters. The number of aliphatic hydroxyl groups is 1. The number of anilines is 1. The number of nitrogens with zero attached hydrogens (tertiary/aromatic N) is 1. The second-order valence-electron chi connectivity index (χ2n) is 3.98. The molecule has 1 saturated carbocycles. The second-order valence-corrected chi connectivity index (χ2v) is 4.37. The van der Waals surface area contributed by atoms with Crippen molar-refractivity contribution in [2.45, 2.75) is 25.4 Å². The molecule has 4 heteroatoms. The highest BCUT2D eigenvalue weighted by atomic mass is 35.5. The van der Waals surface area contributed by atoms with E-state index in [1.54, 1.807) is 6.07 Å². The minimum absolute atomic E-state index is 0.264. The fourth-order valence-electron chi connectivity index (χ4n) is 1.71. The van der Waals surface area contributed by atoms with E-state index in [0.29, 0.717) is 17.6 Å². The summed E-state index contributed by atoms with van der Waals surface area (Å²) in [4.78, 5) is 4.09. The third-order valence-electron chi connectivity index (χ3n) is 2.90. The SMILES string of the molecule is OC(CNc1cccc(Cl)n1)C1CCC1. The van der Waals surface area contributed by atoms with Crippen molar-refractivity contribution in [2.24, 2.45) is 5.92 Å². The molecule has 3 nitrogen and oxygen atoms in total. The molecule has 0 aliphatic heterocycles. The van der Waals surface area contributed by atoms with E-state index in [9.17, 15) is 5.11 Å². The van der Waals surface area contributed by atoms with Crippen molar-refractivity contribution in [1.29, 1.82) is 0 Å². The quantitative estimate of drug-likeness (QED) is 0.775. The molecule has 0 radical (unpaired) electrons. The summed E-state index contributed by atoms with van der Waals surface area (Å²) in [5.41, 5.74) is 0. The van der Waals surface area contributed by atoms with Gasteiger partial charge in [0.05, 0.1) is 6.10 Å². The Morgan fingerprint density at radius 3 is 2.93 bits per heavy atom. The van der Waals surface area contributed by atoms with Crippen LogP contribution in [0.25, 0.3) is 0 Å². The van der Waals surface area contributed by atoms with Crippen LogP contribution >= 0.6 is 11.6 Å². The Morgan fingerprint density at radius 1 is 1.53 bits per heavy atom. The van der Waals surface area contributed by atoms with E-state index >= 15 is 0 Å². The van der Waals surface area contributed by atoms with Crippen LogP contribution in [0.2, 0.25) is 5.15 Å². The maximum absolute atomic E-state index is 9.78. The first-order valence-electron chi connectivity index (χ1n) is 5.30. The number of aliphatic hydroxyl groups excluding tert-OH is 1. The van der Waals surface area contributed by atoms with Crippen molar-refractivity contribution < 1.29 is 5.11 Å². The van der Waals surface area contributed by atoms with E-state index in [1.807, 2.05) is 12.1 Å². The highest BCUT2D eigenvalue weighted by Gasteiger charge is 2.25. The topological polar surface area (TPSA) is 45.1 Å². The number of aromatic nitrogens is 1. The summed E-state index contributed by atoms with van der Waals surface area (Å²) in [5.74, 6) is 1.19. The van der Waals surface area contributed by atoms with Crippen LogP contribution in [0.5, 0.6) is 0 Å². The molecule has 2 rings (SSSR count). The summed E-state index contributed by atoms with van der Waals surface area (Å²) in [6.07, 6.45) is 3.27. The van der Waals surface area contributed by atoms with Crippen molar-refractivity contribution in [2.75, 3.05) is 11.9 Å². The van der Waals surface area contributed by atoms with Gasteiger partial charge in [0.2, 0.25) is 0 Å². The average Bonchev–Trinajstić information content (AvgIpc) is 2.12. The number of nitrogens with one attached hydrogen (secondary N) is 1. The molecule has 0 aromatic carbocycles. The molecule has 0 amide bonds. The normalized spacial score (nSPS) is 18.3. The van der Waals surface area contributed by atoms with E-state index in [0.717, 1.165) is 18.7 Å². The molecule has 0 spiro atoms. The van der Waals surface area contributed by atoms with E-state index in [1.165, 1.54) is 6.42 Å². The van der Waals surface area contributed by atoms with Gasteiger partial charge in [0.1, 0.15) is 11.0 Å². The van der Waals surface area contributed by atoms with Gasteiger partial charge in [0, 0.05) is 6.54 Å². The maximum Gasteiger partial charge on any atom is 0.131 e. The standard InChI is InChI=1S/C11H15ClN2O/c12-10-5-2-6-11(14-10)13-7-9(15)8-3-1-4-8/h2,5-6,8-9,15H,1,3-4,7H2,(H,13,14). The molecular formula is C11H15ClN2O. The van der Waals surface area contributed by atoms with Crippen LogP contribution in [0.1, 0.15) is 19.3 Å². The largest absolute Gasteiger partial charge is 0.391 e. The monoisotopic (exact) mass is 226 g/mol. The highest BCUT2D eigenvalue weighted by Crippen LogP contribution is 2.29. The van der Waals surface area contributed by atoms with Gasteiger partial charge in [-0.3, -0.25) is 0 Å². The lowest BCUT2D eigenvalue weighted by Crippen LogP contribution is -2.32. The fourth-order valence-corrected chi connectivity index (χ4v) is 1.87. The van der Waals surface area contributed by atoms with Crippen LogP contribution in [0.3, 0.4) is 0 Å². The Kier molecular flexibility index (Phi) is 3.44. The van der Waals surface area contributed by atoms with Gasteiger partial charge < -0.3 is 10.4 Å². The molecule has 1 fully saturated rings. The minimum atomic E-state index is -0.264. The summed E-state index contributed by atoms with van der Waals surface area (Å²) in [7, 11) is 0. The van der Waals surface area contributed by atoms with Gasteiger partial charge in [-0.15, -0.1) is 0 Å². The predicted molar refractivity (Wildman–Crippen MR) is 61.1 cm³/mol. The summed E-state index contributed by atoms with van der Waals surface area (Å²) in [5, 5.41) is 13.3. The van der Waals surface area contributed by atoms with Crippen LogP contribution < -0.4 is 5.32 Å². The zero-order valence-electron chi connectivity index (χ0n) is 8.49. The van der Waals surface area contributed by atoms with E-state index in [4.69, 9.17) is 11.6 Å². The second kappa shape index (κ2) is 4.81.